The molecule has 0 saturated carbocycles. The zero-order chi connectivity index (χ0) is 11.8. The molecule has 0 N–H and O–H groups in total. The van der Waals surface area contributed by atoms with Crippen LogP contribution in [-0.2, 0) is 11.2 Å². The largest absolute Gasteiger partial charge is 0.287 e. The van der Waals surface area contributed by atoms with Gasteiger partial charge in [-0.1, -0.05) is 49.0 Å². The molecule has 1 rings (SSSR count). The highest BCUT2D eigenvalue weighted by molar-refractivity contribution is 8.13. The maximum atomic E-state index is 11.3. The van der Waals surface area contributed by atoms with E-state index in [4.69, 9.17) is 1.37 Å². The second-order valence-electron chi connectivity index (χ2n) is 3.32. The van der Waals surface area contributed by atoms with Gasteiger partial charge in [0.15, 0.2) is 5.12 Å². The van der Waals surface area contributed by atoms with E-state index in [-0.39, 0.29) is 11.5 Å². The predicted octanol–water partition coefficient (Wildman–Crippen LogP) is 3.68. The van der Waals surface area contributed by atoms with Gasteiger partial charge in [0.2, 0.25) is 0 Å². The molecule has 1 atom stereocenters. The minimum atomic E-state index is -0.258. The van der Waals surface area contributed by atoms with Crippen molar-refractivity contribution in [1.82, 2.24) is 0 Å². The Kier molecular flexibility index (Phi) is 5.39. The van der Waals surface area contributed by atoms with E-state index in [1.165, 1.54) is 17.3 Å². The van der Waals surface area contributed by atoms with Crippen molar-refractivity contribution in [1.29, 1.82) is 0 Å². The number of aryl methyl sites for hydroxylation is 1. The molecule has 2 heteroatoms. The molecular weight excluding hydrogens is 204 g/mol. The van der Waals surface area contributed by atoms with E-state index in [0.29, 0.717) is 6.42 Å². The lowest BCUT2D eigenvalue weighted by Crippen LogP contribution is -1.93. The first-order chi connectivity index (χ1) is 7.72. The van der Waals surface area contributed by atoms with Crippen LogP contribution in [0.4, 0.5) is 0 Å². The molecule has 0 saturated heterocycles. The standard InChI is InChI=1S/C13H18OS/c1-2-15-13(14)11-7-6-10-12-8-4-3-5-9-12/h3-5,8-9H,2,6-7,10-11H2,1H3/i7D. The predicted molar refractivity (Wildman–Crippen MR) is 67.1 cm³/mol. The Bertz CT molecular complexity index is 313. The third kappa shape index (κ3) is 5.63. The maximum absolute atomic E-state index is 11.3. The molecule has 0 bridgehead atoms. The lowest BCUT2D eigenvalue weighted by atomic mass is 10.1. The molecule has 0 aliphatic heterocycles. The number of carbonyl (C=O) groups is 1. The molecular formula is C13H18OS. The normalized spacial score (nSPS) is 13.3. The van der Waals surface area contributed by atoms with Crippen molar-refractivity contribution in [2.75, 3.05) is 5.75 Å². The van der Waals surface area contributed by atoms with Gasteiger partial charge in [-0.05, 0) is 30.6 Å². The lowest BCUT2D eigenvalue weighted by Gasteiger charge is -2.00. The molecule has 0 aromatic heterocycles. The van der Waals surface area contributed by atoms with Crippen LogP contribution in [0, 0.1) is 0 Å². The number of rotatable bonds is 6. The fourth-order valence-corrected chi connectivity index (χ4v) is 1.91. The van der Waals surface area contributed by atoms with Crippen molar-refractivity contribution in [3.05, 3.63) is 35.9 Å². The number of carbonyl (C=O) groups excluding carboxylic acids is 1. The topological polar surface area (TPSA) is 17.1 Å². The number of hydrogen-bond acceptors (Lipinski definition) is 2. The highest BCUT2D eigenvalue weighted by Crippen LogP contribution is 2.10. The summed E-state index contributed by atoms with van der Waals surface area (Å²) in [5, 5.41) is 0.149. The van der Waals surface area contributed by atoms with Crippen LogP contribution >= 0.6 is 11.8 Å². The Balaban J connectivity index is 2.25. The molecule has 1 unspecified atom stereocenters. The van der Waals surface area contributed by atoms with Crippen molar-refractivity contribution < 1.29 is 6.17 Å². The average Bonchev–Trinajstić information content (AvgIpc) is 2.28. The average molecular weight is 223 g/mol. The van der Waals surface area contributed by atoms with Crippen LogP contribution in [0.3, 0.4) is 0 Å². The second kappa shape index (κ2) is 7.52. The van der Waals surface area contributed by atoms with Crippen LogP contribution in [0.2, 0.25) is 0 Å². The van der Waals surface area contributed by atoms with Crippen LogP contribution in [-0.4, -0.2) is 10.9 Å². The van der Waals surface area contributed by atoms with Gasteiger partial charge in [0.05, 0.1) is 0 Å². The zero-order valence-electron chi connectivity index (χ0n) is 10.1. The first kappa shape index (κ1) is 10.7. The monoisotopic (exact) mass is 223 g/mol. The molecule has 0 amide bonds. The number of benzene rings is 1. The second-order valence-corrected chi connectivity index (χ2v) is 4.64. The van der Waals surface area contributed by atoms with Crippen molar-refractivity contribution in [3.63, 3.8) is 0 Å². The fraction of sp³-hybridized carbons (Fsp3) is 0.462. The van der Waals surface area contributed by atoms with E-state index in [1.54, 1.807) is 0 Å². The van der Waals surface area contributed by atoms with Crippen molar-refractivity contribution in [2.24, 2.45) is 0 Å². The summed E-state index contributed by atoms with van der Waals surface area (Å²) in [5.41, 5.74) is 1.25. The summed E-state index contributed by atoms with van der Waals surface area (Å²) in [6.07, 6.45) is 1.77. The van der Waals surface area contributed by atoms with Gasteiger partial charge in [0.25, 0.3) is 0 Å². The third-order valence-corrected chi connectivity index (χ3v) is 2.87. The van der Waals surface area contributed by atoms with Crippen LogP contribution in [0.15, 0.2) is 30.3 Å². The Labute approximate surface area is 97.7 Å². The molecule has 1 aromatic carbocycles. The molecule has 0 heterocycles. The first-order valence-electron chi connectivity index (χ1n) is 5.92. The molecule has 0 radical (unpaired) electrons. The van der Waals surface area contributed by atoms with Gasteiger partial charge in [-0.2, -0.15) is 0 Å². The summed E-state index contributed by atoms with van der Waals surface area (Å²) >= 11 is 1.32. The molecule has 0 aliphatic rings. The van der Waals surface area contributed by atoms with Gasteiger partial charge in [-0.3, -0.25) is 4.79 Å². The Hall–Kier alpha value is -0.760. The lowest BCUT2D eigenvalue weighted by molar-refractivity contribution is -0.111. The summed E-state index contributed by atoms with van der Waals surface area (Å²) < 4.78 is 7.80. The summed E-state index contributed by atoms with van der Waals surface area (Å²) in [4.78, 5) is 11.3. The summed E-state index contributed by atoms with van der Waals surface area (Å²) in [7, 11) is 0. The van der Waals surface area contributed by atoms with Gasteiger partial charge >= 0.3 is 0 Å². The van der Waals surface area contributed by atoms with Crippen molar-refractivity contribution >= 4 is 16.9 Å². The van der Waals surface area contributed by atoms with E-state index in [1.807, 2.05) is 25.1 Å². The molecule has 82 valence electrons. The summed E-state index contributed by atoms with van der Waals surface area (Å²) in [5.74, 6) is 0.810. The quantitative estimate of drug-likeness (QED) is 0.732. The van der Waals surface area contributed by atoms with Gasteiger partial charge in [-0.25, -0.2) is 0 Å². The van der Waals surface area contributed by atoms with Gasteiger partial charge in [0.1, 0.15) is 0 Å². The van der Waals surface area contributed by atoms with E-state index < -0.39 is 0 Å². The van der Waals surface area contributed by atoms with Crippen molar-refractivity contribution in [3.8, 4) is 0 Å². The minimum absolute atomic E-state index is 0.149. The number of thioether (sulfide) groups is 1. The molecule has 1 nitrogen and oxygen atoms in total. The summed E-state index contributed by atoms with van der Waals surface area (Å²) in [6, 6.07) is 10.1. The van der Waals surface area contributed by atoms with Crippen LogP contribution in [0.5, 0.6) is 0 Å². The van der Waals surface area contributed by atoms with Crippen molar-refractivity contribution in [2.45, 2.75) is 32.6 Å². The summed E-state index contributed by atoms with van der Waals surface area (Å²) in [6.45, 7) is 1.96. The minimum Gasteiger partial charge on any atom is -0.287 e. The van der Waals surface area contributed by atoms with E-state index in [0.717, 1.165) is 18.6 Å². The molecule has 1 aromatic rings. The van der Waals surface area contributed by atoms with E-state index in [9.17, 15) is 4.79 Å². The maximum Gasteiger partial charge on any atom is 0.188 e. The highest BCUT2D eigenvalue weighted by Gasteiger charge is 2.00. The van der Waals surface area contributed by atoms with Gasteiger partial charge in [0, 0.05) is 7.79 Å². The zero-order valence-corrected chi connectivity index (χ0v) is 9.93. The van der Waals surface area contributed by atoms with E-state index in [2.05, 4.69) is 12.1 Å². The van der Waals surface area contributed by atoms with Crippen LogP contribution in [0.1, 0.15) is 33.1 Å². The number of hydrogen-bond donors (Lipinski definition) is 0. The highest BCUT2D eigenvalue weighted by atomic mass is 32.2. The third-order valence-electron chi connectivity index (χ3n) is 2.10. The molecule has 0 aliphatic carbocycles. The smallest absolute Gasteiger partial charge is 0.188 e. The SMILES string of the molecule is [2H]C(CCc1ccccc1)CC(=O)SCC. The molecule has 15 heavy (non-hydrogen) atoms. The van der Waals surface area contributed by atoms with E-state index >= 15 is 0 Å². The Morgan fingerprint density at radius 2 is 2.13 bits per heavy atom. The molecule has 0 spiro atoms. The Morgan fingerprint density at radius 3 is 2.80 bits per heavy atom. The van der Waals surface area contributed by atoms with Crippen LogP contribution < -0.4 is 0 Å². The van der Waals surface area contributed by atoms with Crippen LogP contribution in [0.25, 0.3) is 0 Å². The first-order valence-corrected chi connectivity index (χ1v) is 6.32. The molecule has 0 fully saturated rings. The fourth-order valence-electron chi connectivity index (χ4n) is 1.35. The van der Waals surface area contributed by atoms with Gasteiger partial charge in [-0.15, -0.1) is 0 Å². The Morgan fingerprint density at radius 1 is 1.40 bits per heavy atom. The van der Waals surface area contributed by atoms with Gasteiger partial charge < -0.3 is 0 Å².